The summed E-state index contributed by atoms with van der Waals surface area (Å²) in [5.41, 5.74) is 12.2. The van der Waals surface area contributed by atoms with Gasteiger partial charge in [0, 0.05) is 6.42 Å². The molecule has 0 saturated heterocycles. The number of carboxylic acid groups (broad SMARTS) is 1. The standard InChI is InChI=1S/C26H43N5O6S/c1-4-16(2)22(31-23(33)19(28)7-5-6-13-27)25(35)30-21(15-17-8-10-18(32)11-9-17)24(34)29-20(26(36)37)12-14-38-3/h8-11,16,19-22,32H,4-7,12-15,27-28H2,1-3H3,(H,29,34)(H,30,35)(H,31,33)(H,36,37). The lowest BCUT2D eigenvalue weighted by molar-refractivity contribution is -0.142. The summed E-state index contributed by atoms with van der Waals surface area (Å²) in [6, 6.07) is 2.14. The molecule has 0 heterocycles. The van der Waals surface area contributed by atoms with Crippen LogP contribution in [0.2, 0.25) is 0 Å². The molecule has 9 N–H and O–H groups in total. The number of phenolic OH excluding ortho intramolecular Hbond substituents is 1. The maximum absolute atomic E-state index is 13.4. The number of hydrogen-bond acceptors (Lipinski definition) is 8. The average Bonchev–Trinajstić information content (AvgIpc) is 2.89. The van der Waals surface area contributed by atoms with E-state index in [4.69, 9.17) is 11.5 Å². The molecular weight excluding hydrogens is 510 g/mol. The molecule has 0 bridgehead atoms. The van der Waals surface area contributed by atoms with Gasteiger partial charge < -0.3 is 37.6 Å². The fraction of sp³-hybridized carbons (Fsp3) is 0.615. The number of carbonyl (C=O) groups is 4. The van der Waals surface area contributed by atoms with Crippen LogP contribution in [0.3, 0.4) is 0 Å². The van der Waals surface area contributed by atoms with E-state index in [0.717, 1.165) is 6.42 Å². The molecule has 5 unspecified atom stereocenters. The molecule has 1 aromatic carbocycles. The van der Waals surface area contributed by atoms with Crippen molar-refractivity contribution in [2.24, 2.45) is 17.4 Å². The monoisotopic (exact) mass is 553 g/mol. The Hall–Kier alpha value is -2.83. The van der Waals surface area contributed by atoms with E-state index in [0.29, 0.717) is 37.1 Å². The van der Waals surface area contributed by atoms with E-state index in [2.05, 4.69) is 16.0 Å². The Balaban J connectivity index is 3.11. The Morgan fingerprint density at radius 2 is 1.58 bits per heavy atom. The van der Waals surface area contributed by atoms with Crippen LogP contribution in [0.5, 0.6) is 5.75 Å². The van der Waals surface area contributed by atoms with Crippen molar-refractivity contribution >= 4 is 35.5 Å². The number of hydrogen-bond donors (Lipinski definition) is 7. The SMILES string of the molecule is CCC(C)C(NC(=O)C(N)CCCCN)C(=O)NC(Cc1ccc(O)cc1)C(=O)NC(CCSC)C(=O)O. The molecule has 12 heteroatoms. The van der Waals surface area contributed by atoms with Gasteiger partial charge in [0.1, 0.15) is 23.9 Å². The number of phenols is 1. The van der Waals surface area contributed by atoms with Gasteiger partial charge >= 0.3 is 5.97 Å². The van der Waals surface area contributed by atoms with Gasteiger partial charge in [-0.15, -0.1) is 0 Å². The lowest BCUT2D eigenvalue weighted by atomic mass is 9.96. The molecule has 0 saturated carbocycles. The predicted octanol–water partition coefficient (Wildman–Crippen LogP) is 0.729. The van der Waals surface area contributed by atoms with Crippen LogP contribution in [0.4, 0.5) is 0 Å². The second-order valence-electron chi connectivity index (χ2n) is 9.38. The van der Waals surface area contributed by atoms with Gasteiger partial charge in [0.15, 0.2) is 0 Å². The van der Waals surface area contributed by atoms with Crippen LogP contribution in [-0.2, 0) is 25.6 Å². The molecule has 0 radical (unpaired) electrons. The molecular formula is C26H43N5O6S. The van der Waals surface area contributed by atoms with Crippen molar-refractivity contribution in [1.82, 2.24) is 16.0 Å². The molecule has 0 aliphatic heterocycles. The molecule has 1 aromatic rings. The van der Waals surface area contributed by atoms with Crippen LogP contribution in [0.25, 0.3) is 0 Å². The minimum Gasteiger partial charge on any atom is -0.508 e. The van der Waals surface area contributed by atoms with Gasteiger partial charge in [-0.1, -0.05) is 38.8 Å². The van der Waals surface area contributed by atoms with Gasteiger partial charge in [0.05, 0.1) is 6.04 Å². The van der Waals surface area contributed by atoms with Gasteiger partial charge in [0.25, 0.3) is 0 Å². The number of unbranched alkanes of at least 4 members (excludes halogenated alkanes) is 1. The van der Waals surface area contributed by atoms with E-state index >= 15 is 0 Å². The number of aliphatic carboxylic acids is 1. The highest BCUT2D eigenvalue weighted by molar-refractivity contribution is 7.98. The molecule has 0 aliphatic carbocycles. The minimum absolute atomic E-state index is 0.0455. The van der Waals surface area contributed by atoms with E-state index in [1.54, 1.807) is 12.1 Å². The summed E-state index contributed by atoms with van der Waals surface area (Å²) >= 11 is 1.46. The Kier molecular flexibility index (Phi) is 15.4. The Morgan fingerprint density at radius 3 is 2.13 bits per heavy atom. The highest BCUT2D eigenvalue weighted by atomic mass is 32.2. The normalized spacial score (nSPS) is 15.0. The molecule has 5 atom stereocenters. The molecule has 0 fully saturated rings. The number of amides is 3. The van der Waals surface area contributed by atoms with E-state index in [-0.39, 0.29) is 24.5 Å². The summed E-state index contributed by atoms with van der Waals surface area (Å²) in [5.74, 6) is -2.56. The van der Waals surface area contributed by atoms with Crippen molar-refractivity contribution in [3.63, 3.8) is 0 Å². The number of rotatable bonds is 18. The largest absolute Gasteiger partial charge is 0.508 e. The van der Waals surface area contributed by atoms with Crippen molar-refractivity contribution in [3.8, 4) is 5.75 Å². The van der Waals surface area contributed by atoms with Crippen LogP contribution in [0, 0.1) is 5.92 Å². The summed E-state index contributed by atoms with van der Waals surface area (Å²) in [6.07, 6.45) is 4.52. The van der Waals surface area contributed by atoms with Crippen LogP contribution in [0.15, 0.2) is 24.3 Å². The van der Waals surface area contributed by atoms with Gasteiger partial charge in [-0.05, 0) is 61.4 Å². The molecule has 38 heavy (non-hydrogen) atoms. The summed E-state index contributed by atoms with van der Waals surface area (Å²) in [7, 11) is 0. The first-order valence-corrected chi connectivity index (χ1v) is 14.3. The number of thioether (sulfide) groups is 1. The van der Waals surface area contributed by atoms with E-state index in [1.165, 1.54) is 23.9 Å². The fourth-order valence-corrected chi connectivity index (χ4v) is 4.18. The average molecular weight is 554 g/mol. The van der Waals surface area contributed by atoms with Crippen LogP contribution in [0.1, 0.15) is 51.5 Å². The Morgan fingerprint density at radius 1 is 0.947 bits per heavy atom. The van der Waals surface area contributed by atoms with E-state index < -0.39 is 47.9 Å². The summed E-state index contributed by atoms with van der Waals surface area (Å²) in [6.45, 7) is 4.18. The molecule has 0 aromatic heterocycles. The third-order valence-corrected chi connectivity index (χ3v) is 6.98. The first kappa shape index (κ1) is 33.2. The predicted molar refractivity (Wildman–Crippen MR) is 149 cm³/mol. The summed E-state index contributed by atoms with van der Waals surface area (Å²) in [5, 5.41) is 27.1. The highest BCUT2D eigenvalue weighted by Gasteiger charge is 2.32. The van der Waals surface area contributed by atoms with Crippen molar-refractivity contribution in [2.45, 2.75) is 76.5 Å². The highest BCUT2D eigenvalue weighted by Crippen LogP contribution is 2.14. The number of nitrogens with two attached hydrogens (primary N) is 2. The first-order valence-electron chi connectivity index (χ1n) is 12.9. The third kappa shape index (κ3) is 11.7. The summed E-state index contributed by atoms with van der Waals surface area (Å²) in [4.78, 5) is 51.0. The maximum atomic E-state index is 13.4. The lowest BCUT2D eigenvalue weighted by Gasteiger charge is -2.28. The van der Waals surface area contributed by atoms with Gasteiger partial charge in [0.2, 0.25) is 17.7 Å². The Bertz CT molecular complexity index is 901. The van der Waals surface area contributed by atoms with E-state index in [9.17, 15) is 29.4 Å². The third-order valence-electron chi connectivity index (χ3n) is 6.33. The van der Waals surface area contributed by atoms with Gasteiger partial charge in [-0.3, -0.25) is 14.4 Å². The van der Waals surface area contributed by atoms with Crippen LogP contribution >= 0.6 is 11.8 Å². The molecule has 11 nitrogen and oxygen atoms in total. The molecule has 1 rings (SSSR count). The smallest absolute Gasteiger partial charge is 0.326 e. The molecule has 3 amide bonds. The number of carbonyl (C=O) groups excluding carboxylic acids is 3. The second kappa shape index (κ2) is 17.6. The number of carboxylic acids is 1. The van der Waals surface area contributed by atoms with Gasteiger partial charge in [-0.2, -0.15) is 11.8 Å². The van der Waals surface area contributed by atoms with Crippen LogP contribution in [-0.4, -0.2) is 76.6 Å². The van der Waals surface area contributed by atoms with Crippen LogP contribution < -0.4 is 27.4 Å². The number of benzene rings is 1. The molecule has 0 aliphatic rings. The van der Waals surface area contributed by atoms with Gasteiger partial charge in [-0.25, -0.2) is 4.79 Å². The second-order valence-corrected chi connectivity index (χ2v) is 10.4. The zero-order valence-corrected chi connectivity index (χ0v) is 23.3. The summed E-state index contributed by atoms with van der Waals surface area (Å²) < 4.78 is 0. The first-order chi connectivity index (χ1) is 18.0. The maximum Gasteiger partial charge on any atom is 0.326 e. The number of nitrogens with one attached hydrogen (secondary N) is 3. The number of aromatic hydroxyl groups is 1. The van der Waals surface area contributed by atoms with Crippen molar-refractivity contribution < 1.29 is 29.4 Å². The van der Waals surface area contributed by atoms with Crippen molar-refractivity contribution in [3.05, 3.63) is 29.8 Å². The van der Waals surface area contributed by atoms with E-state index in [1.807, 2.05) is 20.1 Å². The van der Waals surface area contributed by atoms with Crippen molar-refractivity contribution in [2.75, 3.05) is 18.6 Å². The quantitative estimate of drug-likeness (QED) is 0.128. The fourth-order valence-electron chi connectivity index (χ4n) is 3.71. The lowest BCUT2D eigenvalue weighted by Crippen LogP contribution is -2.59. The molecule has 214 valence electrons. The molecule has 0 spiro atoms. The zero-order valence-electron chi connectivity index (χ0n) is 22.4. The minimum atomic E-state index is -1.17. The zero-order chi connectivity index (χ0) is 28.7. The Labute approximate surface area is 228 Å². The topological polar surface area (TPSA) is 197 Å². The van der Waals surface area contributed by atoms with Crippen molar-refractivity contribution in [1.29, 1.82) is 0 Å².